The van der Waals surface area contributed by atoms with Gasteiger partial charge in [0.2, 0.25) is 5.75 Å². The number of amides is 1. The highest BCUT2D eigenvalue weighted by Gasteiger charge is 2.24. The van der Waals surface area contributed by atoms with Crippen LogP contribution in [0.25, 0.3) is 6.08 Å². The van der Waals surface area contributed by atoms with Gasteiger partial charge in [0.1, 0.15) is 0 Å². The number of aliphatic imine (C=N–C) groups is 1. The van der Waals surface area contributed by atoms with E-state index in [1.807, 2.05) is 12.1 Å². The number of benzene rings is 2. The first-order valence-electron chi connectivity index (χ1n) is 9.76. The van der Waals surface area contributed by atoms with E-state index < -0.39 is 0 Å². The monoisotopic (exact) mass is 426 g/mol. The highest BCUT2D eigenvalue weighted by Crippen LogP contribution is 2.39. The Morgan fingerprint density at radius 1 is 1.03 bits per heavy atom. The van der Waals surface area contributed by atoms with Crippen molar-refractivity contribution in [2.45, 2.75) is 26.2 Å². The molecule has 3 rings (SSSR count). The fourth-order valence-electron chi connectivity index (χ4n) is 3.05. The lowest BCUT2D eigenvalue weighted by Crippen LogP contribution is -2.19. The van der Waals surface area contributed by atoms with Crippen LogP contribution >= 0.6 is 11.8 Å². The third-order valence-corrected chi connectivity index (χ3v) is 5.53. The quantitative estimate of drug-likeness (QED) is 0.605. The SMILES string of the molecule is CCCCc1ccc(N=C2NC(=O)C(=Cc3cc(OC)c(OC)c(OC)c3)S2)cc1. The summed E-state index contributed by atoms with van der Waals surface area (Å²) in [5, 5.41) is 3.38. The maximum Gasteiger partial charge on any atom is 0.264 e. The maximum atomic E-state index is 12.4. The minimum atomic E-state index is -0.188. The average Bonchev–Trinajstić information content (AvgIpc) is 3.10. The number of hydrogen-bond donors (Lipinski definition) is 1. The van der Waals surface area contributed by atoms with Crippen molar-refractivity contribution in [2.75, 3.05) is 21.3 Å². The van der Waals surface area contributed by atoms with E-state index in [-0.39, 0.29) is 5.91 Å². The number of thioether (sulfide) groups is 1. The van der Waals surface area contributed by atoms with Crippen molar-refractivity contribution in [1.82, 2.24) is 5.32 Å². The Balaban J connectivity index is 1.80. The van der Waals surface area contributed by atoms with Crippen LogP contribution in [-0.2, 0) is 11.2 Å². The zero-order chi connectivity index (χ0) is 21.5. The summed E-state index contributed by atoms with van der Waals surface area (Å²) in [4.78, 5) is 17.5. The number of nitrogens with one attached hydrogen (secondary N) is 1. The van der Waals surface area contributed by atoms with Crippen LogP contribution in [0.1, 0.15) is 30.9 Å². The molecule has 1 amide bonds. The number of hydrogen-bond acceptors (Lipinski definition) is 6. The van der Waals surface area contributed by atoms with Crippen molar-refractivity contribution in [2.24, 2.45) is 4.99 Å². The first-order valence-corrected chi connectivity index (χ1v) is 10.6. The Morgan fingerprint density at radius 3 is 2.27 bits per heavy atom. The number of ether oxygens (including phenoxy) is 3. The predicted molar refractivity (Wildman–Crippen MR) is 122 cm³/mol. The van der Waals surface area contributed by atoms with Gasteiger partial charge < -0.3 is 19.5 Å². The molecule has 1 heterocycles. The van der Waals surface area contributed by atoms with E-state index in [0.717, 1.165) is 17.7 Å². The summed E-state index contributed by atoms with van der Waals surface area (Å²) in [6.07, 6.45) is 5.20. The van der Waals surface area contributed by atoms with Gasteiger partial charge in [-0.25, -0.2) is 4.99 Å². The van der Waals surface area contributed by atoms with Crippen molar-refractivity contribution >= 4 is 34.6 Å². The molecule has 6 nitrogen and oxygen atoms in total. The van der Waals surface area contributed by atoms with Crippen molar-refractivity contribution in [1.29, 1.82) is 0 Å². The van der Waals surface area contributed by atoms with Crippen molar-refractivity contribution in [3.8, 4) is 17.2 Å². The summed E-state index contributed by atoms with van der Waals surface area (Å²) in [5.74, 6) is 1.38. The number of aryl methyl sites for hydroxylation is 1. The van der Waals surface area contributed by atoms with Crippen molar-refractivity contribution in [3.63, 3.8) is 0 Å². The van der Waals surface area contributed by atoms with Crippen LogP contribution in [0.2, 0.25) is 0 Å². The van der Waals surface area contributed by atoms with Gasteiger partial charge >= 0.3 is 0 Å². The summed E-state index contributed by atoms with van der Waals surface area (Å²) in [5.41, 5.74) is 2.88. The number of unbranched alkanes of at least 4 members (excludes halogenated alkanes) is 1. The fraction of sp³-hybridized carbons (Fsp3) is 0.304. The molecule has 0 bridgehead atoms. The van der Waals surface area contributed by atoms with Gasteiger partial charge in [-0.05, 0) is 66.1 Å². The van der Waals surface area contributed by atoms with Crippen LogP contribution in [0.15, 0.2) is 46.3 Å². The van der Waals surface area contributed by atoms with E-state index in [9.17, 15) is 4.79 Å². The van der Waals surface area contributed by atoms with Gasteiger partial charge in [0.05, 0.1) is 31.9 Å². The minimum absolute atomic E-state index is 0.188. The number of amidine groups is 1. The third-order valence-electron chi connectivity index (χ3n) is 4.62. The molecular weight excluding hydrogens is 400 g/mol. The number of methoxy groups -OCH3 is 3. The van der Waals surface area contributed by atoms with Gasteiger partial charge in [0.25, 0.3) is 5.91 Å². The zero-order valence-corrected chi connectivity index (χ0v) is 18.5. The molecule has 0 atom stereocenters. The zero-order valence-electron chi connectivity index (χ0n) is 17.7. The summed E-state index contributed by atoms with van der Waals surface area (Å²) >= 11 is 1.30. The van der Waals surface area contributed by atoms with Crippen LogP contribution in [-0.4, -0.2) is 32.4 Å². The lowest BCUT2D eigenvalue weighted by Gasteiger charge is -2.12. The molecule has 1 aliphatic rings. The van der Waals surface area contributed by atoms with E-state index in [1.54, 1.807) is 39.5 Å². The summed E-state index contributed by atoms with van der Waals surface area (Å²) in [6, 6.07) is 11.7. The molecule has 0 unspecified atom stereocenters. The molecule has 158 valence electrons. The molecule has 30 heavy (non-hydrogen) atoms. The second-order valence-corrected chi connectivity index (χ2v) is 7.74. The molecule has 2 aromatic carbocycles. The first-order chi connectivity index (χ1) is 14.6. The number of nitrogens with zero attached hydrogens (tertiary/aromatic N) is 1. The van der Waals surface area contributed by atoms with E-state index in [4.69, 9.17) is 14.2 Å². The van der Waals surface area contributed by atoms with Crippen LogP contribution < -0.4 is 19.5 Å². The molecule has 1 fully saturated rings. The maximum absolute atomic E-state index is 12.4. The number of rotatable bonds is 8. The molecule has 0 aromatic heterocycles. The second kappa shape index (κ2) is 10.2. The average molecular weight is 427 g/mol. The Hall–Kier alpha value is -2.93. The molecular formula is C23H26N2O4S. The van der Waals surface area contributed by atoms with E-state index >= 15 is 0 Å². The Bertz CT molecular complexity index is 943. The Morgan fingerprint density at radius 2 is 1.70 bits per heavy atom. The van der Waals surface area contributed by atoms with Gasteiger partial charge in [0.15, 0.2) is 16.7 Å². The summed E-state index contributed by atoms with van der Waals surface area (Å²) < 4.78 is 16.1. The summed E-state index contributed by atoms with van der Waals surface area (Å²) in [7, 11) is 4.67. The van der Waals surface area contributed by atoms with Gasteiger partial charge in [-0.3, -0.25) is 4.79 Å². The van der Waals surface area contributed by atoms with Crippen LogP contribution in [0, 0.1) is 0 Å². The minimum Gasteiger partial charge on any atom is -0.493 e. The van der Waals surface area contributed by atoms with E-state index in [0.29, 0.717) is 27.3 Å². The molecule has 0 spiro atoms. The largest absolute Gasteiger partial charge is 0.493 e. The predicted octanol–water partition coefficient (Wildman–Crippen LogP) is 4.95. The molecule has 1 saturated heterocycles. The first kappa shape index (κ1) is 21.8. The molecule has 1 aliphatic heterocycles. The third kappa shape index (κ3) is 5.16. The van der Waals surface area contributed by atoms with Crippen LogP contribution in [0.5, 0.6) is 17.2 Å². The highest BCUT2D eigenvalue weighted by molar-refractivity contribution is 8.18. The van der Waals surface area contributed by atoms with Gasteiger partial charge in [0, 0.05) is 0 Å². The number of carbonyl (C=O) groups is 1. The van der Waals surface area contributed by atoms with Gasteiger partial charge in [-0.2, -0.15) is 0 Å². The van der Waals surface area contributed by atoms with Crippen LogP contribution in [0.4, 0.5) is 5.69 Å². The molecule has 0 radical (unpaired) electrons. The molecule has 2 aromatic rings. The standard InChI is InChI=1S/C23H26N2O4S/c1-5-6-7-15-8-10-17(11-9-15)24-23-25-22(26)20(30-23)14-16-12-18(27-2)21(29-4)19(13-16)28-3/h8-14H,5-7H2,1-4H3,(H,24,25,26). The molecule has 0 saturated carbocycles. The van der Waals surface area contributed by atoms with E-state index in [1.165, 1.54) is 30.2 Å². The highest BCUT2D eigenvalue weighted by atomic mass is 32.2. The summed E-state index contributed by atoms with van der Waals surface area (Å²) in [6.45, 7) is 2.18. The van der Waals surface area contributed by atoms with E-state index in [2.05, 4.69) is 29.4 Å². The number of carbonyl (C=O) groups excluding carboxylic acids is 1. The van der Waals surface area contributed by atoms with Crippen LogP contribution in [0.3, 0.4) is 0 Å². The topological polar surface area (TPSA) is 69.2 Å². The lowest BCUT2D eigenvalue weighted by molar-refractivity contribution is -0.115. The molecule has 7 heteroatoms. The van der Waals surface area contributed by atoms with Gasteiger partial charge in [-0.15, -0.1) is 0 Å². The van der Waals surface area contributed by atoms with Gasteiger partial charge in [-0.1, -0.05) is 25.5 Å². The molecule has 1 N–H and O–H groups in total. The lowest BCUT2D eigenvalue weighted by atomic mass is 10.1. The fourth-order valence-corrected chi connectivity index (χ4v) is 3.89. The second-order valence-electron chi connectivity index (χ2n) is 6.71. The Labute approximate surface area is 181 Å². The smallest absolute Gasteiger partial charge is 0.264 e. The van der Waals surface area contributed by atoms with Crippen molar-refractivity contribution < 1.29 is 19.0 Å². The van der Waals surface area contributed by atoms with Crippen molar-refractivity contribution in [3.05, 3.63) is 52.4 Å². The normalized spacial score (nSPS) is 16.1. The molecule has 0 aliphatic carbocycles. The Kier molecular flexibility index (Phi) is 7.41.